The number of alkyl halides is 3. The van der Waals surface area contributed by atoms with E-state index in [-0.39, 0.29) is 56.2 Å². The van der Waals surface area contributed by atoms with Crippen molar-refractivity contribution in [1.82, 2.24) is 9.97 Å². The summed E-state index contributed by atoms with van der Waals surface area (Å²) in [6, 6.07) is 6.62. The lowest BCUT2D eigenvalue weighted by Crippen LogP contribution is -2.42. The fourth-order valence-corrected chi connectivity index (χ4v) is 4.25. The molecule has 2 aliphatic rings. The van der Waals surface area contributed by atoms with Crippen LogP contribution in [0.4, 0.5) is 29.1 Å². The summed E-state index contributed by atoms with van der Waals surface area (Å²) in [5.74, 6) is -0.708. The number of benzene rings is 2. The number of morpholine rings is 1. The minimum Gasteiger partial charge on any atom is -0.493 e. The predicted molar refractivity (Wildman–Crippen MR) is 120 cm³/mol. The van der Waals surface area contributed by atoms with Gasteiger partial charge in [-0.2, -0.15) is 13.2 Å². The van der Waals surface area contributed by atoms with Gasteiger partial charge in [0.25, 0.3) is 5.91 Å². The summed E-state index contributed by atoms with van der Waals surface area (Å²) in [5, 5.41) is 3.54. The van der Waals surface area contributed by atoms with Crippen LogP contribution in [0.25, 0.3) is 10.9 Å². The Bertz CT molecular complexity index is 1300. The van der Waals surface area contributed by atoms with Crippen molar-refractivity contribution in [3.63, 3.8) is 0 Å². The van der Waals surface area contributed by atoms with Crippen LogP contribution in [-0.4, -0.2) is 42.2 Å². The molecule has 5 rings (SSSR count). The van der Waals surface area contributed by atoms with Crippen LogP contribution in [0.2, 0.25) is 0 Å². The molecule has 35 heavy (non-hydrogen) atoms. The van der Waals surface area contributed by atoms with Gasteiger partial charge in [0.05, 0.1) is 30.0 Å². The summed E-state index contributed by atoms with van der Waals surface area (Å²) >= 11 is 0. The van der Waals surface area contributed by atoms with Crippen molar-refractivity contribution in [3.05, 3.63) is 53.1 Å². The normalized spacial score (nSPS) is 18.9. The van der Waals surface area contributed by atoms with E-state index in [1.54, 1.807) is 6.07 Å². The molecule has 1 unspecified atom stereocenters. The number of nitrogens with zero attached hydrogens (tertiary/aromatic N) is 3. The molecular weight excluding hydrogens is 468 g/mol. The minimum absolute atomic E-state index is 0.0115. The molecule has 1 saturated heterocycles. The van der Waals surface area contributed by atoms with Crippen LogP contribution in [-0.2, 0) is 22.3 Å². The largest absolute Gasteiger partial charge is 0.493 e. The third-order valence-electron chi connectivity index (χ3n) is 6.14. The Hall–Kier alpha value is -3.47. The average molecular weight is 490 g/mol. The van der Waals surface area contributed by atoms with Crippen molar-refractivity contribution in [2.24, 2.45) is 0 Å². The summed E-state index contributed by atoms with van der Waals surface area (Å²) in [5.41, 5.74) is -0.128. The van der Waals surface area contributed by atoms with Crippen molar-refractivity contribution in [1.29, 1.82) is 0 Å². The Balaban J connectivity index is 1.62. The fourth-order valence-electron chi connectivity index (χ4n) is 4.25. The molecule has 3 heterocycles. The van der Waals surface area contributed by atoms with E-state index in [4.69, 9.17) is 9.47 Å². The van der Waals surface area contributed by atoms with Crippen molar-refractivity contribution >= 4 is 28.3 Å². The maximum Gasteiger partial charge on any atom is 0.419 e. The van der Waals surface area contributed by atoms with Crippen LogP contribution in [0.1, 0.15) is 36.2 Å². The Labute approximate surface area is 198 Å². The first kappa shape index (κ1) is 23.3. The van der Waals surface area contributed by atoms with Crippen LogP contribution in [0.15, 0.2) is 30.3 Å². The number of hydrogen-bond acceptors (Lipinski definition) is 6. The first-order valence-electron chi connectivity index (χ1n) is 11.2. The molecule has 1 fully saturated rings. The number of aromatic nitrogens is 2. The summed E-state index contributed by atoms with van der Waals surface area (Å²) in [6.45, 7) is 2.19. The number of carbonyl (C=O) groups excluding carboxylic acids is 1. The number of halogens is 4. The first-order valence-corrected chi connectivity index (χ1v) is 11.2. The van der Waals surface area contributed by atoms with Crippen LogP contribution < -0.4 is 15.0 Å². The number of anilines is 2. The number of para-hydroxylation sites is 1. The smallest absolute Gasteiger partial charge is 0.419 e. The highest BCUT2D eigenvalue weighted by atomic mass is 19.4. The standard InChI is InChI=1S/C24H22F4N4O3/c1-13-5-7-35-21-14(3-2-4-16(21)24(26,27)28)11-29-23-15-9-19(32-6-8-34-12-20(32)33)17(25)10-18(15)30-22(13)31-23/h2-4,9-10,13H,5-8,11-12H2,1H3,(H,29,30,31). The SMILES string of the molecule is CC1CCOc2c(cccc2C(F)(F)F)CNc2nc1nc1cc(F)c(N3CCOCC3=O)cc21. The molecule has 7 nitrogen and oxygen atoms in total. The molecule has 0 aliphatic carbocycles. The van der Waals surface area contributed by atoms with E-state index in [0.29, 0.717) is 34.5 Å². The molecule has 1 N–H and O–H groups in total. The molecule has 2 aliphatic heterocycles. The van der Waals surface area contributed by atoms with Gasteiger partial charge in [-0.15, -0.1) is 0 Å². The number of fused-ring (bicyclic) bond motifs is 5. The molecule has 1 atom stereocenters. The van der Waals surface area contributed by atoms with Gasteiger partial charge in [-0.05, 0) is 18.6 Å². The van der Waals surface area contributed by atoms with Crippen molar-refractivity contribution in [2.45, 2.75) is 32.0 Å². The second-order valence-corrected chi connectivity index (χ2v) is 8.53. The Kier molecular flexibility index (Phi) is 5.96. The minimum atomic E-state index is -4.57. The molecule has 2 aromatic carbocycles. The highest BCUT2D eigenvalue weighted by Crippen LogP contribution is 2.39. The van der Waals surface area contributed by atoms with Crippen molar-refractivity contribution < 1.29 is 31.8 Å². The quantitative estimate of drug-likeness (QED) is 0.501. The third-order valence-corrected chi connectivity index (χ3v) is 6.14. The molecule has 1 aromatic heterocycles. The van der Waals surface area contributed by atoms with Gasteiger partial charge in [0, 0.05) is 36.0 Å². The summed E-state index contributed by atoms with van der Waals surface area (Å²) in [6.07, 6.45) is -4.21. The van der Waals surface area contributed by atoms with Gasteiger partial charge in [-0.1, -0.05) is 19.1 Å². The molecule has 3 aromatic rings. The van der Waals surface area contributed by atoms with Gasteiger partial charge in [-0.3, -0.25) is 4.79 Å². The summed E-state index contributed by atoms with van der Waals surface area (Å²) in [7, 11) is 0. The molecule has 0 radical (unpaired) electrons. The van der Waals surface area contributed by atoms with Gasteiger partial charge in [-0.25, -0.2) is 14.4 Å². The lowest BCUT2D eigenvalue weighted by molar-refractivity contribution is -0.139. The molecule has 11 heteroatoms. The number of rotatable bonds is 1. The second kappa shape index (κ2) is 8.95. The summed E-state index contributed by atoms with van der Waals surface area (Å²) < 4.78 is 66.7. The number of ether oxygens (including phenoxy) is 2. The van der Waals surface area contributed by atoms with E-state index in [9.17, 15) is 18.0 Å². The van der Waals surface area contributed by atoms with Crippen LogP contribution >= 0.6 is 0 Å². The molecular formula is C24H22F4N4O3. The lowest BCUT2D eigenvalue weighted by Gasteiger charge is -2.27. The van der Waals surface area contributed by atoms with E-state index < -0.39 is 17.6 Å². The topological polar surface area (TPSA) is 76.6 Å². The first-order chi connectivity index (χ1) is 16.7. The van der Waals surface area contributed by atoms with Crippen molar-refractivity contribution in [2.75, 3.05) is 36.6 Å². The molecule has 0 spiro atoms. The number of amides is 1. The monoisotopic (exact) mass is 490 g/mol. The average Bonchev–Trinajstić information content (AvgIpc) is 2.83. The van der Waals surface area contributed by atoms with Gasteiger partial charge < -0.3 is 19.7 Å². The zero-order valence-electron chi connectivity index (χ0n) is 18.8. The van der Waals surface area contributed by atoms with Crippen molar-refractivity contribution in [3.8, 4) is 5.75 Å². The maximum absolute atomic E-state index is 15.1. The lowest BCUT2D eigenvalue weighted by atomic mass is 10.1. The third kappa shape index (κ3) is 4.47. The second-order valence-electron chi connectivity index (χ2n) is 8.53. The van der Waals surface area contributed by atoms with E-state index >= 15 is 4.39 Å². The van der Waals surface area contributed by atoms with Gasteiger partial charge in [0.15, 0.2) is 0 Å². The molecule has 0 saturated carbocycles. The highest BCUT2D eigenvalue weighted by molar-refractivity contribution is 5.99. The maximum atomic E-state index is 15.1. The fraction of sp³-hybridized carbons (Fsp3) is 0.375. The highest BCUT2D eigenvalue weighted by Gasteiger charge is 2.35. The van der Waals surface area contributed by atoms with E-state index in [0.717, 1.165) is 6.07 Å². The van der Waals surface area contributed by atoms with Gasteiger partial charge >= 0.3 is 6.18 Å². The van der Waals surface area contributed by atoms with Gasteiger partial charge in [0.2, 0.25) is 0 Å². The number of nitrogens with one attached hydrogen (secondary N) is 1. The summed E-state index contributed by atoms with van der Waals surface area (Å²) in [4.78, 5) is 22.7. The zero-order chi connectivity index (χ0) is 24.7. The number of carbonyl (C=O) groups is 1. The molecule has 184 valence electrons. The molecule has 1 amide bonds. The Morgan fingerprint density at radius 1 is 1.17 bits per heavy atom. The van der Waals surface area contributed by atoms with E-state index in [2.05, 4.69) is 15.3 Å². The Morgan fingerprint density at radius 2 is 2.00 bits per heavy atom. The van der Waals surface area contributed by atoms with Crippen LogP contribution in [0.3, 0.4) is 0 Å². The molecule has 2 bridgehead atoms. The van der Waals surface area contributed by atoms with E-state index in [1.807, 2.05) is 6.92 Å². The van der Waals surface area contributed by atoms with Gasteiger partial charge in [0.1, 0.15) is 29.8 Å². The number of hydrogen-bond donors (Lipinski definition) is 1. The van der Waals surface area contributed by atoms with Crippen LogP contribution in [0, 0.1) is 5.82 Å². The van der Waals surface area contributed by atoms with E-state index in [1.165, 1.54) is 23.1 Å². The Morgan fingerprint density at radius 3 is 2.77 bits per heavy atom. The van der Waals surface area contributed by atoms with Crippen LogP contribution in [0.5, 0.6) is 5.75 Å². The predicted octanol–water partition coefficient (Wildman–Crippen LogP) is 4.65. The zero-order valence-corrected chi connectivity index (χ0v) is 18.8.